The van der Waals surface area contributed by atoms with E-state index in [1.54, 1.807) is 18.1 Å². The molecule has 0 unspecified atom stereocenters. The second kappa shape index (κ2) is 4.13. The van der Waals surface area contributed by atoms with Crippen LogP contribution in [0.2, 0.25) is 0 Å². The zero-order chi connectivity index (χ0) is 10.8. The second-order valence-corrected chi connectivity index (χ2v) is 4.36. The third kappa shape index (κ3) is 2.15. The Balaban J connectivity index is 2.81. The standard InChI is InChI=1S/C9H14BrN3O/c1-9(2,6-10)13(3)8(14)7-4-11-12-5-7/h4-5H,6H2,1-3H3,(H,11,12). The minimum absolute atomic E-state index is 0.0248. The first-order chi connectivity index (χ1) is 6.49. The zero-order valence-corrected chi connectivity index (χ0v) is 10.1. The number of nitrogens with zero attached hydrogens (tertiary/aromatic N) is 2. The lowest BCUT2D eigenvalue weighted by Crippen LogP contribution is -2.46. The van der Waals surface area contributed by atoms with Gasteiger partial charge in [0, 0.05) is 24.1 Å². The van der Waals surface area contributed by atoms with Crippen molar-refractivity contribution in [2.45, 2.75) is 19.4 Å². The molecule has 0 atom stereocenters. The Morgan fingerprint density at radius 2 is 2.36 bits per heavy atom. The number of carbonyl (C=O) groups is 1. The Kier molecular flexibility index (Phi) is 3.31. The summed E-state index contributed by atoms with van der Waals surface area (Å²) in [5, 5.41) is 7.11. The lowest BCUT2D eigenvalue weighted by molar-refractivity contribution is 0.0663. The topological polar surface area (TPSA) is 49.0 Å². The molecule has 0 aliphatic heterocycles. The van der Waals surface area contributed by atoms with Gasteiger partial charge in [-0.3, -0.25) is 9.89 Å². The molecule has 0 saturated carbocycles. The second-order valence-electron chi connectivity index (χ2n) is 3.80. The van der Waals surface area contributed by atoms with Crippen LogP contribution in [0.15, 0.2) is 12.4 Å². The molecule has 0 radical (unpaired) electrons. The van der Waals surface area contributed by atoms with Crippen molar-refractivity contribution in [3.63, 3.8) is 0 Å². The third-order valence-electron chi connectivity index (χ3n) is 2.28. The SMILES string of the molecule is CN(C(=O)c1cn[nH]c1)C(C)(C)CBr. The van der Waals surface area contributed by atoms with E-state index < -0.39 is 0 Å². The predicted molar refractivity (Wildman–Crippen MR) is 58.6 cm³/mol. The molecule has 1 N–H and O–H groups in total. The first-order valence-electron chi connectivity index (χ1n) is 4.32. The average Bonchev–Trinajstić information content (AvgIpc) is 2.68. The number of alkyl halides is 1. The van der Waals surface area contributed by atoms with Gasteiger partial charge in [0.2, 0.25) is 0 Å². The Labute approximate surface area is 91.8 Å². The van der Waals surface area contributed by atoms with Crippen LogP contribution in [0, 0.1) is 0 Å². The van der Waals surface area contributed by atoms with Gasteiger partial charge in [0.15, 0.2) is 0 Å². The number of rotatable bonds is 3. The van der Waals surface area contributed by atoms with E-state index in [1.165, 1.54) is 6.20 Å². The summed E-state index contributed by atoms with van der Waals surface area (Å²) in [6.07, 6.45) is 3.13. The van der Waals surface area contributed by atoms with E-state index in [1.807, 2.05) is 13.8 Å². The first-order valence-corrected chi connectivity index (χ1v) is 5.44. The number of amides is 1. The van der Waals surface area contributed by atoms with Crippen LogP contribution >= 0.6 is 15.9 Å². The smallest absolute Gasteiger partial charge is 0.257 e. The molecule has 0 aliphatic carbocycles. The van der Waals surface area contributed by atoms with Gasteiger partial charge in [0.25, 0.3) is 5.91 Å². The van der Waals surface area contributed by atoms with Gasteiger partial charge in [-0.2, -0.15) is 5.10 Å². The maximum Gasteiger partial charge on any atom is 0.257 e. The fraction of sp³-hybridized carbons (Fsp3) is 0.556. The number of halogens is 1. The van der Waals surface area contributed by atoms with Gasteiger partial charge in [-0.25, -0.2) is 0 Å². The molecular weight excluding hydrogens is 246 g/mol. The Bertz CT molecular complexity index is 308. The highest BCUT2D eigenvalue weighted by Gasteiger charge is 2.27. The Hall–Kier alpha value is -0.840. The maximum atomic E-state index is 11.9. The van der Waals surface area contributed by atoms with Crippen molar-refractivity contribution in [3.05, 3.63) is 18.0 Å². The number of carbonyl (C=O) groups excluding carboxylic acids is 1. The van der Waals surface area contributed by atoms with Crippen LogP contribution in [-0.4, -0.2) is 38.9 Å². The van der Waals surface area contributed by atoms with E-state index in [0.29, 0.717) is 5.56 Å². The molecule has 0 aliphatic rings. The summed E-state index contributed by atoms with van der Waals surface area (Å²) in [5.74, 6) is -0.0248. The molecule has 4 nitrogen and oxygen atoms in total. The minimum atomic E-state index is -0.200. The van der Waals surface area contributed by atoms with Crippen molar-refractivity contribution in [2.24, 2.45) is 0 Å². The summed E-state index contributed by atoms with van der Waals surface area (Å²) < 4.78 is 0. The lowest BCUT2D eigenvalue weighted by atomic mass is 10.1. The van der Waals surface area contributed by atoms with Crippen LogP contribution in [0.3, 0.4) is 0 Å². The third-order valence-corrected chi connectivity index (χ3v) is 3.66. The van der Waals surface area contributed by atoms with E-state index in [9.17, 15) is 4.79 Å². The number of nitrogens with one attached hydrogen (secondary N) is 1. The molecule has 78 valence electrons. The van der Waals surface area contributed by atoms with E-state index in [0.717, 1.165) is 5.33 Å². The van der Waals surface area contributed by atoms with Gasteiger partial charge in [-0.05, 0) is 13.8 Å². The maximum absolute atomic E-state index is 11.9. The van der Waals surface area contributed by atoms with E-state index in [-0.39, 0.29) is 11.4 Å². The van der Waals surface area contributed by atoms with E-state index in [2.05, 4.69) is 26.1 Å². The number of aromatic nitrogens is 2. The summed E-state index contributed by atoms with van der Waals surface area (Å²) in [6.45, 7) is 4.00. The normalized spacial score (nSPS) is 11.4. The van der Waals surface area contributed by atoms with Crippen LogP contribution in [0.5, 0.6) is 0 Å². The number of aromatic amines is 1. The van der Waals surface area contributed by atoms with Crippen molar-refractivity contribution in [2.75, 3.05) is 12.4 Å². The van der Waals surface area contributed by atoms with Crippen LogP contribution < -0.4 is 0 Å². The van der Waals surface area contributed by atoms with Gasteiger partial charge in [0.05, 0.1) is 11.8 Å². The number of hydrogen-bond donors (Lipinski definition) is 1. The molecule has 0 aromatic carbocycles. The van der Waals surface area contributed by atoms with Crippen molar-refractivity contribution in [1.82, 2.24) is 15.1 Å². The largest absolute Gasteiger partial charge is 0.336 e. The van der Waals surface area contributed by atoms with Crippen molar-refractivity contribution >= 4 is 21.8 Å². The lowest BCUT2D eigenvalue weighted by Gasteiger charge is -2.33. The first kappa shape index (κ1) is 11.2. The monoisotopic (exact) mass is 259 g/mol. The molecule has 0 bridgehead atoms. The van der Waals surface area contributed by atoms with Crippen LogP contribution in [0.1, 0.15) is 24.2 Å². The Morgan fingerprint density at radius 1 is 1.71 bits per heavy atom. The summed E-state index contributed by atoms with van der Waals surface area (Å²) in [4.78, 5) is 13.6. The highest BCUT2D eigenvalue weighted by molar-refractivity contribution is 9.09. The summed E-state index contributed by atoms with van der Waals surface area (Å²) >= 11 is 3.39. The molecule has 0 fully saturated rings. The van der Waals surface area contributed by atoms with Gasteiger partial charge in [-0.15, -0.1) is 0 Å². The van der Waals surface area contributed by atoms with Gasteiger partial charge < -0.3 is 4.90 Å². The highest BCUT2D eigenvalue weighted by atomic mass is 79.9. The van der Waals surface area contributed by atoms with Crippen LogP contribution in [-0.2, 0) is 0 Å². The van der Waals surface area contributed by atoms with Gasteiger partial charge in [0.1, 0.15) is 0 Å². The fourth-order valence-corrected chi connectivity index (χ4v) is 1.30. The average molecular weight is 260 g/mol. The molecule has 1 amide bonds. The van der Waals surface area contributed by atoms with Crippen molar-refractivity contribution in [3.8, 4) is 0 Å². The highest BCUT2D eigenvalue weighted by Crippen LogP contribution is 2.17. The van der Waals surface area contributed by atoms with Crippen molar-refractivity contribution in [1.29, 1.82) is 0 Å². The fourth-order valence-electron chi connectivity index (χ4n) is 0.926. The molecular formula is C9H14BrN3O. The minimum Gasteiger partial charge on any atom is -0.336 e. The number of hydrogen-bond acceptors (Lipinski definition) is 2. The number of H-pyrrole nitrogens is 1. The van der Waals surface area contributed by atoms with Crippen molar-refractivity contribution < 1.29 is 4.79 Å². The summed E-state index contributed by atoms with van der Waals surface area (Å²) in [5.41, 5.74) is 0.385. The zero-order valence-electron chi connectivity index (χ0n) is 8.54. The van der Waals surface area contributed by atoms with Crippen LogP contribution in [0.25, 0.3) is 0 Å². The molecule has 5 heteroatoms. The summed E-state index contributed by atoms with van der Waals surface area (Å²) in [6, 6.07) is 0. The molecule has 1 aromatic rings. The quantitative estimate of drug-likeness (QED) is 0.840. The molecule has 0 saturated heterocycles. The summed E-state index contributed by atoms with van der Waals surface area (Å²) in [7, 11) is 1.79. The molecule has 1 rings (SSSR count). The van der Waals surface area contributed by atoms with Gasteiger partial charge in [-0.1, -0.05) is 15.9 Å². The molecule has 1 heterocycles. The molecule has 0 spiro atoms. The van der Waals surface area contributed by atoms with Gasteiger partial charge >= 0.3 is 0 Å². The predicted octanol–water partition coefficient (Wildman–Crippen LogP) is 1.66. The molecule has 1 aromatic heterocycles. The van der Waals surface area contributed by atoms with E-state index in [4.69, 9.17) is 0 Å². The van der Waals surface area contributed by atoms with E-state index >= 15 is 0 Å². The van der Waals surface area contributed by atoms with Crippen LogP contribution in [0.4, 0.5) is 0 Å². The molecule has 14 heavy (non-hydrogen) atoms. The Morgan fingerprint density at radius 3 is 2.79 bits per heavy atom.